The number of rotatable bonds is 10. The molecule has 0 saturated carbocycles. The normalized spacial score (nSPS) is 11.0. The van der Waals surface area contributed by atoms with E-state index < -0.39 is 0 Å². The highest BCUT2D eigenvalue weighted by molar-refractivity contribution is 5.86. The summed E-state index contributed by atoms with van der Waals surface area (Å²) in [7, 11) is 0. The van der Waals surface area contributed by atoms with Gasteiger partial charge in [-0.25, -0.2) is 29.9 Å². The predicted octanol–water partition coefficient (Wildman–Crippen LogP) is 13.0. The van der Waals surface area contributed by atoms with Gasteiger partial charge in [0.15, 0.2) is 34.9 Å². The van der Waals surface area contributed by atoms with Crippen LogP contribution >= 0.6 is 0 Å². The SMILES string of the molecule is O=[N+]([O-])c1ccccc1-c1cc(-c2cccc(-c3nc(-c4ccccc4)nc(-c4ccccc4)n3)c2)cc(-c2cccc(-c3nc(-c4ccccc4)nc(-c4ccccc4)n3)c2)c1. The number of nitro groups is 1. The van der Waals surface area contributed by atoms with Crippen LogP contribution in [0.4, 0.5) is 5.69 Å². The molecule has 63 heavy (non-hydrogen) atoms. The number of hydrogen-bond acceptors (Lipinski definition) is 8. The Kier molecular flexibility index (Phi) is 10.4. The lowest BCUT2D eigenvalue weighted by molar-refractivity contribution is -0.384. The van der Waals surface area contributed by atoms with Crippen LogP contribution in [0.1, 0.15) is 0 Å². The standard InChI is InChI=1S/C54H35N7O2/c62-61(63)48-30-14-13-29-47(48)46-34-44(40-25-15-27-42(31-40)53-57-49(36-17-5-1-6-18-36)55-50(58-53)37-19-7-2-8-20-37)33-45(35-46)41-26-16-28-43(32-41)54-59-51(38-21-9-3-10-22-38)56-52(60-54)39-23-11-4-12-24-39/h1-35H. The molecule has 9 heteroatoms. The third-order valence-electron chi connectivity index (χ3n) is 10.7. The van der Waals surface area contributed by atoms with E-state index in [1.807, 2.05) is 176 Å². The molecular formula is C54H35N7O2. The highest BCUT2D eigenvalue weighted by Gasteiger charge is 2.19. The number of hydrogen-bond donors (Lipinski definition) is 0. The first-order valence-corrected chi connectivity index (χ1v) is 20.4. The Morgan fingerprint density at radius 2 is 0.540 bits per heavy atom. The molecule has 0 amide bonds. The van der Waals surface area contributed by atoms with Crippen LogP contribution in [0.25, 0.3) is 102 Å². The molecule has 0 saturated heterocycles. The minimum atomic E-state index is -0.340. The average Bonchev–Trinajstić information content (AvgIpc) is 3.37. The summed E-state index contributed by atoms with van der Waals surface area (Å²) in [5.74, 6) is 3.31. The van der Waals surface area contributed by atoms with Crippen molar-refractivity contribution in [2.45, 2.75) is 0 Å². The van der Waals surface area contributed by atoms with Crippen molar-refractivity contribution >= 4 is 5.69 Å². The van der Waals surface area contributed by atoms with Crippen molar-refractivity contribution < 1.29 is 4.92 Å². The van der Waals surface area contributed by atoms with E-state index in [4.69, 9.17) is 29.9 Å². The second kappa shape index (κ2) is 17.0. The van der Waals surface area contributed by atoms with Gasteiger partial charge >= 0.3 is 0 Å². The molecule has 0 aliphatic heterocycles. The highest BCUT2D eigenvalue weighted by atomic mass is 16.6. The molecule has 8 aromatic carbocycles. The van der Waals surface area contributed by atoms with Gasteiger partial charge in [0.05, 0.1) is 10.5 Å². The van der Waals surface area contributed by atoms with E-state index in [9.17, 15) is 10.1 Å². The predicted molar refractivity (Wildman–Crippen MR) is 249 cm³/mol. The van der Waals surface area contributed by atoms with Gasteiger partial charge in [0.1, 0.15) is 0 Å². The third-order valence-corrected chi connectivity index (χ3v) is 10.7. The van der Waals surface area contributed by atoms with E-state index in [-0.39, 0.29) is 10.6 Å². The summed E-state index contributed by atoms with van der Waals surface area (Å²) in [5.41, 5.74) is 9.79. The Bertz CT molecular complexity index is 2950. The average molecular weight is 814 g/mol. The van der Waals surface area contributed by atoms with Crippen molar-refractivity contribution in [2.75, 3.05) is 0 Å². The van der Waals surface area contributed by atoms with Crippen LogP contribution in [0.2, 0.25) is 0 Å². The number of nitrogens with zero attached hydrogens (tertiary/aromatic N) is 7. The van der Waals surface area contributed by atoms with Crippen LogP contribution in [0.3, 0.4) is 0 Å². The van der Waals surface area contributed by atoms with Crippen LogP contribution in [0.5, 0.6) is 0 Å². The largest absolute Gasteiger partial charge is 0.277 e. The summed E-state index contributed by atoms with van der Waals surface area (Å²) in [4.78, 5) is 41.7. The molecule has 0 bridgehead atoms. The molecule has 2 aromatic heterocycles. The van der Waals surface area contributed by atoms with Crippen molar-refractivity contribution in [3.8, 4) is 102 Å². The molecule has 0 N–H and O–H groups in total. The fourth-order valence-electron chi connectivity index (χ4n) is 7.54. The lowest BCUT2D eigenvalue weighted by Crippen LogP contribution is -2.00. The minimum Gasteiger partial charge on any atom is -0.258 e. The molecule has 0 fully saturated rings. The van der Waals surface area contributed by atoms with Gasteiger partial charge in [-0.2, -0.15) is 0 Å². The van der Waals surface area contributed by atoms with E-state index in [1.54, 1.807) is 12.1 Å². The molecule has 10 rings (SSSR count). The lowest BCUT2D eigenvalue weighted by Gasteiger charge is -2.14. The Labute approximate surface area is 363 Å². The van der Waals surface area contributed by atoms with Crippen molar-refractivity contribution in [1.29, 1.82) is 0 Å². The highest BCUT2D eigenvalue weighted by Crippen LogP contribution is 2.38. The molecule has 2 heterocycles. The molecule has 10 aromatic rings. The zero-order valence-electron chi connectivity index (χ0n) is 33.7. The van der Waals surface area contributed by atoms with Gasteiger partial charge < -0.3 is 0 Å². The van der Waals surface area contributed by atoms with Crippen LogP contribution < -0.4 is 0 Å². The van der Waals surface area contributed by atoms with E-state index in [0.717, 1.165) is 55.6 Å². The Morgan fingerprint density at radius 3 is 0.905 bits per heavy atom. The quantitative estimate of drug-likeness (QED) is 0.0988. The topological polar surface area (TPSA) is 120 Å². The van der Waals surface area contributed by atoms with Crippen molar-refractivity contribution in [3.63, 3.8) is 0 Å². The first-order valence-electron chi connectivity index (χ1n) is 20.4. The maximum absolute atomic E-state index is 12.4. The molecule has 9 nitrogen and oxygen atoms in total. The van der Waals surface area contributed by atoms with Crippen LogP contribution in [-0.2, 0) is 0 Å². The van der Waals surface area contributed by atoms with Crippen LogP contribution in [0.15, 0.2) is 212 Å². The van der Waals surface area contributed by atoms with E-state index in [1.165, 1.54) is 6.07 Å². The second-order valence-corrected chi connectivity index (χ2v) is 14.8. The molecule has 0 atom stereocenters. The number of aromatic nitrogens is 6. The summed E-state index contributed by atoms with van der Waals surface area (Å²) in [5, 5.41) is 12.4. The van der Waals surface area contributed by atoms with Crippen molar-refractivity contribution in [3.05, 3.63) is 222 Å². The summed E-state index contributed by atoms with van der Waals surface area (Å²) in [6.07, 6.45) is 0. The fourth-order valence-corrected chi connectivity index (χ4v) is 7.54. The first-order chi connectivity index (χ1) is 31.0. The summed E-state index contributed by atoms with van der Waals surface area (Å²) in [6, 6.07) is 68.5. The third kappa shape index (κ3) is 8.22. The Hall–Kier alpha value is -8.82. The zero-order chi connectivity index (χ0) is 42.5. The molecule has 0 spiro atoms. The zero-order valence-corrected chi connectivity index (χ0v) is 33.7. The first kappa shape index (κ1) is 38.4. The molecule has 0 aliphatic carbocycles. The van der Waals surface area contributed by atoms with E-state index >= 15 is 0 Å². The Morgan fingerprint density at radius 1 is 0.270 bits per heavy atom. The number of para-hydroxylation sites is 1. The molecule has 0 aliphatic rings. The minimum absolute atomic E-state index is 0.0160. The van der Waals surface area contributed by atoms with Crippen molar-refractivity contribution in [2.24, 2.45) is 0 Å². The smallest absolute Gasteiger partial charge is 0.258 e. The fraction of sp³-hybridized carbons (Fsp3) is 0. The van der Waals surface area contributed by atoms with Crippen LogP contribution in [-0.4, -0.2) is 34.8 Å². The van der Waals surface area contributed by atoms with E-state index in [0.29, 0.717) is 46.1 Å². The lowest BCUT2D eigenvalue weighted by atomic mass is 9.91. The monoisotopic (exact) mass is 813 g/mol. The van der Waals surface area contributed by atoms with Gasteiger partial charge in [0.25, 0.3) is 5.69 Å². The summed E-state index contributed by atoms with van der Waals surface area (Å²) < 4.78 is 0. The van der Waals surface area contributed by atoms with Gasteiger partial charge in [-0.05, 0) is 64.2 Å². The van der Waals surface area contributed by atoms with Gasteiger partial charge in [0, 0.05) is 39.4 Å². The van der Waals surface area contributed by atoms with Gasteiger partial charge in [-0.15, -0.1) is 0 Å². The molecular weight excluding hydrogens is 779 g/mol. The van der Waals surface area contributed by atoms with Gasteiger partial charge in [0.2, 0.25) is 0 Å². The summed E-state index contributed by atoms with van der Waals surface area (Å²) >= 11 is 0. The maximum Gasteiger partial charge on any atom is 0.277 e. The summed E-state index contributed by atoms with van der Waals surface area (Å²) in [6.45, 7) is 0. The maximum atomic E-state index is 12.4. The molecule has 0 unspecified atom stereocenters. The number of benzene rings is 8. The molecule has 0 radical (unpaired) electrons. The van der Waals surface area contributed by atoms with E-state index in [2.05, 4.69) is 18.2 Å². The Balaban J connectivity index is 1.11. The number of nitro benzene ring substituents is 1. The second-order valence-electron chi connectivity index (χ2n) is 14.8. The van der Waals surface area contributed by atoms with Crippen molar-refractivity contribution in [1.82, 2.24) is 29.9 Å². The molecule has 298 valence electrons. The van der Waals surface area contributed by atoms with Gasteiger partial charge in [-0.3, -0.25) is 10.1 Å². The van der Waals surface area contributed by atoms with Gasteiger partial charge in [-0.1, -0.05) is 170 Å². The van der Waals surface area contributed by atoms with Crippen LogP contribution in [0, 0.1) is 10.1 Å².